The molecule has 3 heterocycles. The number of hydrogen-bond acceptors (Lipinski definition) is 4. The van der Waals surface area contributed by atoms with Crippen LogP contribution in [0, 0.1) is 11.7 Å². The minimum atomic E-state index is -0.350. The minimum absolute atomic E-state index is 0. The molecule has 1 amide bonds. The fourth-order valence-electron chi connectivity index (χ4n) is 5.91. The van der Waals surface area contributed by atoms with Crippen molar-refractivity contribution < 1.29 is 44.9 Å². The van der Waals surface area contributed by atoms with Gasteiger partial charge in [0.05, 0.1) is 40.4 Å². The van der Waals surface area contributed by atoms with Crippen molar-refractivity contribution >= 4 is 11.8 Å². The zero-order valence-corrected chi connectivity index (χ0v) is 24.1. The molecule has 0 saturated carbocycles. The predicted molar refractivity (Wildman–Crippen MR) is 145 cm³/mol. The second-order valence-corrected chi connectivity index (χ2v) is 10.4. The molecule has 0 N–H and O–H groups in total. The van der Waals surface area contributed by atoms with Crippen LogP contribution in [0.3, 0.4) is 0 Å². The molecule has 0 aliphatic carbocycles. The van der Waals surface area contributed by atoms with Gasteiger partial charge in [0.1, 0.15) is 12.4 Å². The Morgan fingerprint density at radius 3 is 2.26 bits per heavy atom. The predicted octanol–water partition coefficient (Wildman–Crippen LogP) is 2.84. The van der Waals surface area contributed by atoms with Gasteiger partial charge in [-0.1, -0.05) is 36.4 Å². The van der Waals surface area contributed by atoms with E-state index in [1.54, 1.807) is 31.3 Å². The van der Waals surface area contributed by atoms with Crippen LogP contribution < -0.4 is 31.4 Å². The van der Waals surface area contributed by atoms with Crippen LogP contribution in [0.4, 0.5) is 14.9 Å². The van der Waals surface area contributed by atoms with E-state index in [4.69, 9.17) is 14.2 Å². The van der Waals surface area contributed by atoms with E-state index >= 15 is 0 Å². The molecule has 3 aromatic carbocycles. The van der Waals surface area contributed by atoms with Crippen LogP contribution in [-0.2, 0) is 17.7 Å². The first-order valence-electron chi connectivity index (χ1n) is 13.3. The Hall–Kier alpha value is -3.10. The van der Waals surface area contributed by atoms with Gasteiger partial charge < -0.3 is 35.7 Å². The highest BCUT2D eigenvalue weighted by molar-refractivity contribution is 5.87. The molecule has 3 fully saturated rings. The van der Waals surface area contributed by atoms with Crippen molar-refractivity contribution in [3.05, 3.63) is 89.7 Å². The standard InChI is InChI=1S/C31H36FN2O4.BrH/c1-36-28-13-10-23(20-29(28)37-2)14-17-34-18-15-25(16-19-34)30(22-34)38-31(35)33(27-6-4-3-5-7-27)21-24-8-11-26(32)12-9-24;/h3-13,20,25,30H,14-19,21-22H2,1-2H3;1H/q+1;/p-1/t25?,30-,34?;/m0./s1. The average Bonchev–Trinajstić information content (AvgIpc) is 2.96. The van der Waals surface area contributed by atoms with E-state index in [9.17, 15) is 9.18 Å². The van der Waals surface area contributed by atoms with Crippen LogP contribution in [0.15, 0.2) is 72.8 Å². The summed E-state index contributed by atoms with van der Waals surface area (Å²) < 4.78 is 31.5. The molecule has 0 spiro atoms. The summed E-state index contributed by atoms with van der Waals surface area (Å²) in [6.07, 6.45) is 2.58. The molecule has 6 nitrogen and oxygen atoms in total. The highest BCUT2D eigenvalue weighted by Crippen LogP contribution is 2.37. The van der Waals surface area contributed by atoms with Crippen molar-refractivity contribution in [2.75, 3.05) is 45.3 Å². The largest absolute Gasteiger partial charge is 1.00 e. The van der Waals surface area contributed by atoms with Gasteiger partial charge in [0, 0.05) is 30.9 Å². The molecule has 2 bridgehead atoms. The normalized spacial score (nSPS) is 21.5. The number of carbonyl (C=O) groups excluding carboxylic acids is 1. The first-order valence-corrected chi connectivity index (χ1v) is 13.3. The summed E-state index contributed by atoms with van der Waals surface area (Å²) in [5.41, 5.74) is 2.82. The lowest BCUT2D eigenvalue weighted by molar-refractivity contribution is -0.945. The monoisotopic (exact) mass is 598 g/mol. The Balaban J connectivity index is 0.00000353. The summed E-state index contributed by atoms with van der Waals surface area (Å²) >= 11 is 0. The van der Waals surface area contributed by atoms with Gasteiger partial charge in [0.15, 0.2) is 17.6 Å². The highest BCUT2D eigenvalue weighted by atomic mass is 79.9. The second-order valence-electron chi connectivity index (χ2n) is 10.4. The number of quaternary nitrogens is 1. The van der Waals surface area contributed by atoms with E-state index in [1.807, 2.05) is 36.4 Å². The molecule has 0 radical (unpaired) electrons. The molecular weight excluding hydrogens is 563 g/mol. The fourth-order valence-corrected chi connectivity index (χ4v) is 5.91. The Morgan fingerprint density at radius 2 is 1.59 bits per heavy atom. The number of amides is 1. The third-order valence-corrected chi connectivity index (χ3v) is 8.16. The summed E-state index contributed by atoms with van der Waals surface area (Å²) in [6, 6.07) is 21.9. The van der Waals surface area contributed by atoms with Crippen LogP contribution >= 0.6 is 0 Å². The number of carbonyl (C=O) groups is 1. The number of hydrogen-bond donors (Lipinski definition) is 0. The molecule has 0 unspecified atom stereocenters. The maximum absolute atomic E-state index is 13.6. The van der Waals surface area contributed by atoms with E-state index in [2.05, 4.69) is 12.1 Å². The van der Waals surface area contributed by atoms with Gasteiger partial charge in [0.2, 0.25) is 0 Å². The van der Waals surface area contributed by atoms with Gasteiger partial charge in [-0.2, -0.15) is 0 Å². The van der Waals surface area contributed by atoms with E-state index < -0.39 is 0 Å². The average molecular weight is 600 g/mol. The maximum atomic E-state index is 13.6. The minimum Gasteiger partial charge on any atom is -1.00 e. The zero-order valence-electron chi connectivity index (χ0n) is 22.5. The summed E-state index contributed by atoms with van der Waals surface area (Å²) in [6.45, 7) is 4.38. The number of methoxy groups -OCH3 is 2. The highest BCUT2D eigenvalue weighted by Gasteiger charge is 2.47. The zero-order chi connectivity index (χ0) is 26.5. The molecule has 39 heavy (non-hydrogen) atoms. The first-order chi connectivity index (χ1) is 18.5. The third kappa shape index (κ3) is 6.73. The number of benzene rings is 3. The molecule has 3 aliphatic rings. The van der Waals surface area contributed by atoms with Gasteiger partial charge in [-0.15, -0.1) is 0 Å². The summed E-state index contributed by atoms with van der Waals surface area (Å²) in [7, 11) is 3.31. The molecule has 6 rings (SSSR count). The quantitative estimate of drug-likeness (QED) is 0.355. The van der Waals surface area contributed by atoms with E-state index in [0.29, 0.717) is 12.5 Å². The van der Waals surface area contributed by atoms with Crippen LogP contribution in [0.2, 0.25) is 0 Å². The summed E-state index contributed by atoms with van der Waals surface area (Å²) in [4.78, 5) is 15.2. The first kappa shape index (κ1) is 28.9. The van der Waals surface area contributed by atoms with Crippen LogP contribution in [0.1, 0.15) is 24.0 Å². The SMILES string of the molecule is COc1ccc(CC[N+]23CCC(CC2)[C@@H](OC(=O)N(Cc2ccc(F)cc2)c2ccccc2)C3)cc1OC.[Br-]. The Morgan fingerprint density at radius 1 is 0.923 bits per heavy atom. The number of fused-ring (bicyclic) bond motifs is 3. The lowest BCUT2D eigenvalue weighted by Crippen LogP contribution is -3.00. The molecule has 0 aromatic heterocycles. The molecular formula is C31H36BrFN2O4. The molecule has 3 aromatic rings. The topological polar surface area (TPSA) is 48.0 Å². The number of para-hydroxylation sites is 1. The smallest absolute Gasteiger partial charge is 0.415 e. The fraction of sp³-hybridized carbons (Fsp3) is 0.387. The number of anilines is 1. The Labute approximate surface area is 240 Å². The van der Waals surface area contributed by atoms with Crippen molar-refractivity contribution in [3.8, 4) is 11.5 Å². The summed E-state index contributed by atoms with van der Waals surface area (Å²) in [5, 5.41) is 0. The lowest BCUT2D eigenvalue weighted by atomic mass is 9.83. The second kappa shape index (κ2) is 12.8. The van der Waals surface area contributed by atoms with Crippen LogP contribution in [0.25, 0.3) is 0 Å². The molecule has 1 atom stereocenters. The maximum Gasteiger partial charge on any atom is 0.415 e. The number of halogens is 2. The van der Waals surface area contributed by atoms with Crippen molar-refractivity contribution in [2.24, 2.45) is 5.92 Å². The lowest BCUT2D eigenvalue weighted by Gasteiger charge is -2.52. The van der Waals surface area contributed by atoms with E-state index in [-0.39, 0.29) is 35.0 Å². The molecule has 3 saturated heterocycles. The van der Waals surface area contributed by atoms with Gasteiger partial charge in [-0.3, -0.25) is 4.90 Å². The Bertz CT molecular complexity index is 1230. The van der Waals surface area contributed by atoms with Crippen molar-refractivity contribution in [2.45, 2.75) is 31.9 Å². The number of rotatable bonds is 9. The third-order valence-electron chi connectivity index (χ3n) is 8.16. The van der Waals surface area contributed by atoms with Crippen LogP contribution in [-0.4, -0.2) is 57.1 Å². The molecule has 8 heteroatoms. The van der Waals surface area contributed by atoms with Gasteiger partial charge >= 0.3 is 6.09 Å². The van der Waals surface area contributed by atoms with Crippen molar-refractivity contribution in [1.82, 2.24) is 0 Å². The molecule has 208 valence electrons. The summed E-state index contributed by atoms with van der Waals surface area (Å²) in [5.74, 6) is 1.58. The molecule has 3 aliphatic heterocycles. The van der Waals surface area contributed by atoms with Crippen molar-refractivity contribution in [3.63, 3.8) is 0 Å². The van der Waals surface area contributed by atoms with Crippen LogP contribution in [0.5, 0.6) is 11.5 Å². The van der Waals surface area contributed by atoms with E-state index in [1.165, 1.54) is 17.7 Å². The van der Waals surface area contributed by atoms with E-state index in [0.717, 1.165) is 72.7 Å². The van der Waals surface area contributed by atoms with Gasteiger partial charge in [0.25, 0.3) is 0 Å². The van der Waals surface area contributed by atoms with Crippen molar-refractivity contribution in [1.29, 1.82) is 0 Å². The van der Waals surface area contributed by atoms with Gasteiger partial charge in [-0.05, 0) is 47.5 Å². The number of piperidine rings is 3. The van der Waals surface area contributed by atoms with Gasteiger partial charge in [-0.25, -0.2) is 9.18 Å². The Kier molecular flexibility index (Phi) is 9.51. The number of ether oxygens (including phenoxy) is 3. The number of nitrogens with zero attached hydrogens (tertiary/aromatic N) is 2.